The van der Waals surface area contributed by atoms with Gasteiger partial charge in [-0.3, -0.25) is 4.79 Å². The molecule has 0 bridgehead atoms. The number of likely N-dealkylation sites (N-methyl/N-ethyl adjacent to an activating group) is 1. The van der Waals surface area contributed by atoms with E-state index in [-0.39, 0.29) is 48.9 Å². The van der Waals surface area contributed by atoms with E-state index in [1.807, 2.05) is 20.8 Å². The van der Waals surface area contributed by atoms with Gasteiger partial charge in [0, 0.05) is 25.6 Å². The summed E-state index contributed by atoms with van der Waals surface area (Å²) in [6.07, 6.45) is 0.507. The van der Waals surface area contributed by atoms with Crippen molar-refractivity contribution in [1.29, 1.82) is 0 Å². The number of ether oxygens (including phenoxy) is 1. The van der Waals surface area contributed by atoms with E-state index in [9.17, 15) is 23.1 Å². The lowest BCUT2D eigenvalue weighted by Crippen LogP contribution is -2.50. The smallest absolute Gasteiger partial charge is 0.319 e. The van der Waals surface area contributed by atoms with Crippen LogP contribution in [0.5, 0.6) is 5.75 Å². The quantitative estimate of drug-likeness (QED) is 0.552. The number of urea groups is 1. The molecule has 32 heavy (non-hydrogen) atoms. The van der Waals surface area contributed by atoms with Crippen molar-refractivity contribution in [1.82, 2.24) is 14.5 Å². The number of hydrogen-bond donors (Lipinski definition) is 3. The normalized spacial score (nSPS) is 20.3. The number of benzene rings is 1. The molecule has 1 aliphatic rings. The highest BCUT2D eigenvalue weighted by atomic mass is 32.2. The molecule has 1 heterocycles. The van der Waals surface area contributed by atoms with Crippen LogP contribution < -0.4 is 15.4 Å². The third-order valence-corrected chi connectivity index (χ3v) is 6.64. The maximum absolute atomic E-state index is 13.3. The number of anilines is 1. The Bertz CT molecular complexity index is 936. The third-order valence-electron chi connectivity index (χ3n) is 5.36. The molecule has 0 unspecified atom stereocenters. The van der Waals surface area contributed by atoms with E-state index >= 15 is 0 Å². The molecule has 3 amide bonds. The number of nitrogens with zero attached hydrogens (tertiary/aromatic N) is 2. The Morgan fingerprint density at radius 2 is 2.00 bits per heavy atom. The van der Waals surface area contributed by atoms with E-state index in [0.29, 0.717) is 5.69 Å². The van der Waals surface area contributed by atoms with Gasteiger partial charge in [-0.05, 0) is 32.9 Å². The summed E-state index contributed by atoms with van der Waals surface area (Å²) >= 11 is 0. The van der Waals surface area contributed by atoms with E-state index in [1.165, 1.54) is 11.4 Å². The number of fused-ring (bicyclic) bond motifs is 1. The average Bonchev–Trinajstić information content (AvgIpc) is 2.69. The molecule has 0 fully saturated rings. The van der Waals surface area contributed by atoms with Gasteiger partial charge in [0.2, 0.25) is 10.0 Å². The number of carbonyl (C=O) groups excluding carboxylic acids is 2. The number of sulfonamides is 1. The van der Waals surface area contributed by atoms with Gasteiger partial charge in [0.1, 0.15) is 6.10 Å². The maximum atomic E-state index is 13.3. The molecule has 2 rings (SSSR count). The molecular formula is C21H34N4O6S. The number of rotatable bonds is 7. The third kappa shape index (κ3) is 6.33. The number of carbonyl (C=O) groups is 2. The van der Waals surface area contributed by atoms with E-state index in [2.05, 4.69) is 10.6 Å². The molecule has 1 aromatic rings. The fraction of sp³-hybridized carbons (Fsp3) is 0.619. The highest BCUT2D eigenvalue weighted by molar-refractivity contribution is 7.88. The topological polar surface area (TPSA) is 128 Å². The van der Waals surface area contributed by atoms with Crippen molar-refractivity contribution in [2.24, 2.45) is 5.92 Å². The molecular weight excluding hydrogens is 436 g/mol. The van der Waals surface area contributed by atoms with Gasteiger partial charge < -0.3 is 25.4 Å². The molecule has 0 saturated carbocycles. The van der Waals surface area contributed by atoms with Gasteiger partial charge in [-0.1, -0.05) is 13.0 Å². The molecule has 0 saturated heterocycles. The van der Waals surface area contributed by atoms with Gasteiger partial charge in [-0.25, -0.2) is 17.5 Å². The monoisotopic (exact) mass is 470 g/mol. The van der Waals surface area contributed by atoms with Gasteiger partial charge in [-0.15, -0.1) is 0 Å². The molecule has 10 nitrogen and oxygen atoms in total. The van der Waals surface area contributed by atoms with Crippen LogP contribution in [0, 0.1) is 5.92 Å². The number of hydrogen-bond acceptors (Lipinski definition) is 6. The lowest BCUT2D eigenvalue weighted by molar-refractivity contribution is 0.0389. The first kappa shape index (κ1) is 25.9. The second-order valence-corrected chi connectivity index (χ2v) is 10.7. The van der Waals surface area contributed by atoms with Gasteiger partial charge >= 0.3 is 6.03 Å². The van der Waals surface area contributed by atoms with Crippen LogP contribution in [-0.2, 0) is 10.0 Å². The van der Waals surface area contributed by atoms with Crippen LogP contribution in [0.2, 0.25) is 0 Å². The average molecular weight is 471 g/mol. The number of para-hydroxylation sites is 1. The number of amides is 3. The van der Waals surface area contributed by atoms with Crippen molar-refractivity contribution in [3.63, 3.8) is 0 Å². The Hall–Kier alpha value is -2.37. The standard InChI is InChI=1S/C21H34N4O6S/c1-13(2)22-21(28)23-17-9-7-8-16-19(17)31-18(11-24(5)32(6,29)30)14(3)10-25(20(16)27)15(4)12-26/h7-9,13-15,18,26H,10-12H2,1-6H3,(H2,22,23,28)/t14-,15-,18-/m1/s1. The van der Waals surface area contributed by atoms with Crippen molar-refractivity contribution >= 4 is 27.6 Å². The molecule has 1 aromatic carbocycles. The highest BCUT2D eigenvalue weighted by Gasteiger charge is 2.35. The molecule has 0 aliphatic carbocycles. The van der Waals surface area contributed by atoms with Crippen LogP contribution in [0.25, 0.3) is 0 Å². The van der Waals surface area contributed by atoms with E-state index in [0.717, 1.165) is 6.26 Å². The molecule has 11 heteroatoms. The van der Waals surface area contributed by atoms with E-state index in [4.69, 9.17) is 4.74 Å². The van der Waals surface area contributed by atoms with Crippen molar-refractivity contribution in [2.45, 2.75) is 45.9 Å². The highest BCUT2D eigenvalue weighted by Crippen LogP contribution is 2.35. The van der Waals surface area contributed by atoms with Crippen LogP contribution in [0.15, 0.2) is 18.2 Å². The van der Waals surface area contributed by atoms with Crippen LogP contribution in [0.1, 0.15) is 38.1 Å². The molecule has 180 valence electrons. The van der Waals surface area contributed by atoms with Gasteiger partial charge in [0.25, 0.3) is 5.91 Å². The zero-order chi connectivity index (χ0) is 24.2. The Kier molecular flexibility index (Phi) is 8.49. The van der Waals surface area contributed by atoms with Crippen molar-refractivity contribution < 1.29 is 27.9 Å². The maximum Gasteiger partial charge on any atom is 0.319 e. The Morgan fingerprint density at radius 3 is 2.56 bits per heavy atom. The minimum absolute atomic E-state index is 0.0570. The van der Waals surface area contributed by atoms with Crippen molar-refractivity contribution in [3.05, 3.63) is 23.8 Å². The number of nitrogens with one attached hydrogen (secondary N) is 2. The largest absolute Gasteiger partial charge is 0.486 e. The summed E-state index contributed by atoms with van der Waals surface area (Å²) in [7, 11) is -2.00. The predicted molar refractivity (Wildman–Crippen MR) is 122 cm³/mol. The lowest BCUT2D eigenvalue weighted by Gasteiger charge is -2.38. The van der Waals surface area contributed by atoms with Gasteiger partial charge in [0.15, 0.2) is 5.75 Å². The first-order valence-electron chi connectivity index (χ1n) is 10.6. The molecule has 0 aromatic heterocycles. The summed E-state index contributed by atoms with van der Waals surface area (Å²) < 4.78 is 31.4. The summed E-state index contributed by atoms with van der Waals surface area (Å²) in [5.74, 6) is -0.427. The predicted octanol–water partition coefficient (Wildman–Crippen LogP) is 1.33. The summed E-state index contributed by atoms with van der Waals surface area (Å²) in [6, 6.07) is 3.84. The summed E-state index contributed by atoms with van der Waals surface area (Å²) in [4.78, 5) is 27.2. The minimum Gasteiger partial charge on any atom is -0.486 e. The Morgan fingerprint density at radius 1 is 1.34 bits per heavy atom. The molecule has 3 atom stereocenters. The second-order valence-electron chi connectivity index (χ2n) is 8.60. The van der Waals surface area contributed by atoms with E-state index < -0.39 is 28.2 Å². The zero-order valence-electron chi connectivity index (χ0n) is 19.5. The first-order valence-corrected chi connectivity index (χ1v) is 12.4. The van der Waals surface area contributed by atoms with E-state index in [1.54, 1.807) is 30.0 Å². The fourth-order valence-corrected chi connectivity index (χ4v) is 3.79. The Balaban J connectivity index is 2.54. The minimum atomic E-state index is -3.46. The van der Waals surface area contributed by atoms with Crippen LogP contribution in [0.3, 0.4) is 0 Å². The van der Waals surface area contributed by atoms with Gasteiger partial charge in [-0.2, -0.15) is 0 Å². The van der Waals surface area contributed by atoms with Crippen molar-refractivity contribution in [3.8, 4) is 5.75 Å². The number of aliphatic hydroxyl groups excluding tert-OH is 1. The summed E-state index contributed by atoms with van der Waals surface area (Å²) in [5, 5.41) is 15.1. The van der Waals surface area contributed by atoms with Crippen LogP contribution >= 0.6 is 0 Å². The van der Waals surface area contributed by atoms with Crippen LogP contribution in [0.4, 0.5) is 10.5 Å². The molecule has 3 N–H and O–H groups in total. The molecule has 0 spiro atoms. The first-order chi connectivity index (χ1) is 14.8. The molecule has 1 aliphatic heterocycles. The van der Waals surface area contributed by atoms with Crippen molar-refractivity contribution in [2.75, 3.05) is 38.3 Å². The summed E-state index contributed by atoms with van der Waals surface area (Å²) in [6.45, 7) is 7.34. The Labute approximate surface area is 190 Å². The SMILES string of the molecule is CC(C)NC(=O)Nc1cccc2c1O[C@H](CN(C)S(C)(=O)=O)[C@H](C)CN([C@H](C)CO)C2=O. The summed E-state index contributed by atoms with van der Waals surface area (Å²) in [5.41, 5.74) is 0.526. The number of aliphatic hydroxyl groups is 1. The van der Waals surface area contributed by atoms with Gasteiger partial charge in [0.05, 0.1) is 36.7 Å². The second kappa shape index (κ2) is 10.5. The zero-order valence-corrected chi connectivity index (χ0v) is 20.3. The lowest BCUT2D eigenvalue weighted by atomic mass is 9.99. The molecule has 0 radical (unpaired) electrons. The fourth-order valence-electron chi connectivity index (χ4n) is 3.37. The van der Waals surface area contributed by atoms with Crippen LogP contribution in [-0.4, -0.2) is 85.9 Å².